The number of aryl methyl sites for hydroxylation is 1. The van der Waals surface area contributed by atoms with Crippen molar-refractivity contribution in [2.24, 2.45) is 5.73 Å². The van der Waals surface area contributed by atoms with Gasteiger partial charge < -0.3 is 11.1 Å². The lowest BCUT2D eigenvalue weighted by atomic mass is 10.0. The smallest absolute Gasteiger partial charge is 0.273 e. The van der Waals surface area contributed by atoms with Gasteiger partial charge in [0.05, 0.1) is 25.5 Å². The maximum absolute atomic E-state index is 12.5. The summed E-state index contributed by atoms with van der Waals surface area (Å²) >= 11 is 0. The van der Waals surface area contributed by atoms with E-state index in [2.05, 4.69) is 45.0 Å². The van der Waals surface area contributed by atoms with E-state index < -0.39 is 0 Å². The van der Waals surface area contributed by atoms with Crippen molar-refractivity contribution in [3.05, 3.63) is 101 Å². The van der Waals surface area contributed by atoms with Crippen molar-refractivity contribution in [2.45, 2.75) is 44.9 Å². The van der Waals surface area contributed by atoms with E-state index in [1.54, 1.807) is 10.9 Å². The van der Waals surface area contributed by atoms with Crippen LogP contribution >= 0.6 is 0 Å². The Morgan fingerprint density at radius 1 is 0.970 bits per heavy atom. The van der Waals surface area contributed by atoms with Gasteiger partial charge in [0.25, 0.3) is 5.91 Å². The first-order valence-corrected chi connectivity index (χ1v) is 11.1. The van der Waals surface area contributed by atoms with Gasteiger partial charge in [-0.15, -0.1) is 5.10 Å². The van der Waals surface area contributed by atoms with Crippen LogP contribution in [0.25, 0.3) is 0 Å². The molecule has 1 fully saturated rings. The van der Waals surface area contributed by atoms with Crippen molar-refractivity contribution in [1.29, 1.82) is 0 Å². The van der Waals surface area contributed by atoms with Gasteiger partial charge in [-0.2, -0.15) is 5.10 Å². The minimum atomic E-state index is -0.243. The summed E-state index contributed by atoms with van der Waals surface area (Å²) in [6, 6.07) is 16.4. The highest BCUT2D eigenvalue weighted by molar-refractivity contribution is 5.91. The number of aromatic nitrogens is 5. The van der Waals surface area contributed by atoms with Crippen molar-refractivity contribution in [1.82, 2.24) is 30.1 Å². The third-order valence-corrected chi connectivity index (χ3v) is 6.02. The van der Waals surface area contributed by atoms with Gasteiger partial charge in [-0.1, -0.05) is 53.7 Å². The maximum atomic E-state index is 12.5. The van der Waals surface area contributed by atoms with Crippen LogP contribution < -0.4 is 11.1 Å². The number of nitrogens with zero attached hydrogens (tertiary/aromatic N) is 5. The molecular formula is C25H27N7O. The molecule has 0 saturated heterocycles. The lowest BCUT2D eigenvalue weighted by Crippen LogP contribution is -2.23. The zero-order chi connectivity index (χ0) is 22.8. The molecule has 1 aliphatic carbocycles. The maximum Gasteiger partial charge on any atom is 0.273 e. The lowest BCUT2D eigenvalue weighted by molar-refractivity contribution is 0.0946. The highest BCUT2D eigenvalue weighted by Gasteiger charge is 2.39. The molecule has 4 aromatic rings. The van der Waals surface area contributed by atoms with E-state index in [0.717, 1.165) is 41.6 Å². The number of amides is 1. The molecule has 8 nitrogen and oxygen atoms in total. The molecule has 2 aromatic heterocycles. The summed E-state index contributed by atoms with van der Waals surface area (Å²) in [6.45, 7) is 3.74. The van der Waals surface area contributed by atoms with E-state index in [1.807, 2.05) is 48.3 Å². The molecule has 1 saturated carbocycles. The van der Waals surface area contributed by atoms with Crippen molar-refractivity contribution >= 4 is 5.91 Å². The predicted molar refractivity (Wildman–Crippen MR) is 124 cm³/mol. The first-order valence-electron chi connectivity index (χ1n) is 11.1. The summed E-state index contributed by atoms with van der Waals surface area (Å²) in [5, 5.41) is 15.4. The molecule has 1 amide bonds. The molecule has 2 heterocycles. The third-order valence-electron chi connectivity index (χ3n) is 6.02. The Balaban J connectivity index is 1.14. The summed E-state index contributed by atoms with van der Waals surface area (Å²) in [4.78, 5) is 12.5. The molecule has 0 bridgehead atoms. The highest BCUT2D eigenvalue weighted by Crippen LogP contribution is 2.42. The average molecular weight is 442 g/mol. The van der Waals surface area contributed by atoms with Crippen LogP contribution in [0.1, 0.15) is 51.1 Å². The average Bonchev–Trinajstić information content (AvgIpc) is 3.19. The number of benzene rings is 2. The molecule has 0 atom stereocenters. The standard InChI is InChI=1S/C25H27N7O/c1-18-12-28-31(14-18)15-20-2-4-21(5-3-20)16-32-17-23(29-30-32)24(33)27-13-19-6-8-22(9-7-19)25(26)10-11-25/h2-9,12,14,17H,10-11,13,15-16,26H2,1H3,(H,27,33). The molecule has 1 aliphatic rings. The zero-order valence-corrected chi connectivity index (χ0v) is 18.6. The van der Waals surface area contributed by atoms with Crippen LogP contribution in [-0.4, -0.2) is 30.7 Å². The number of nitrogens with one attached hydrogen (secondary N) is 1. The Morgan fingerprint density at radius 3 is 2.21 bits per heavy atom. The van der Waals surface area contributed by atoms with Gasteiger partial charge >= 0.3 is 0 Å². The second-order valence-corrected chi connectivity index (χ2v) is 8.87. The lowest BCUT2D eigenvalue weighted by Gasteiger charge is -2.10. The number of nitrogens with two attached hydrogens (primary N) is 1. The molecular weight excluding hydrogens is 414 g/mol. The molecule has 33 heavy (non-hydrogen) atoms. The highest BCUT2D eigenvalue weighted by atomic mass is 16.2. The van der Waals surface area contributed by atoms with Gasteiger partial charge in [-0.3, -0.25) is 9.48 Å². The van der Waals surface area contributed by atoms with Crippen molar-refractivity contribution < 1.29 is 4.79 Å². The SMILES string of the molecule is Cc1cnn(Cc2ccc(Cn3cc(C(=O)NCc4ccc(C5(N)CC5)cc4)nn3)cc2)c1. The molecule has 5 rings (SSSR count). The molecule has 2 aromatic carbocycles. The zero-order valence-electron chi connectivity index (χ0n) is 18.6. The number of carbonyl (C=O) groups is 1. The van der Waals surface area contributed by atoms with Crippen LogP contribution in [-0.2, 0) is 25.2 Å². The summed E-state index contributed by atoms with van der Waals surface area (Å²) in [7, 11) is 0. The van der Waals surface area contributed by atoms with Gasteiger partial charge in [-0.25, -0.2) is 4.68 Å². The van der Waals surface area contributed by atoms with E-state index in [9.17, 15) is 4.79 Å². The fraction of sp³-hybridized carbons (Fsp3) is 0.280. The van der Waals surface area contributed by atoms with Crippen LogP contribution in [0.15, 0.2) is 67.1 Å². The van der Waals surface area contributed by atoms with Crippen molar-refractivity contribution in [2.75, 3.05) is 0 Å². The van der Waals surface area contributed by atoms with Crippen LogP contribution in [0.5, 0.6) is 0 Å². The van der Waals surface area contributed by atoms with Gasteiger partial charge in [-0.05, 0) is 47.6 Å². The number of rotatable bonds is 8. The molecule has 3 N–H and O–H groups in total. The van der Waals surface area contributed by atoms with Crippen molar-refractivity contribution in [3.63, 3.8) is 0 Å². The monoisotopic (exact) mass is 441 g/mol. The molecule has 0 radical (unpaired) electrons. The van der Waals surface area contributed by atoms with E-state index in [4.69, 9.17) is 5.73 Å². The van der Waals surface area contributed by atoms with E-state index >= 15 is 0 Å². The summed E-state index contributed by atoms with van der Waals surface area (Å²) in [6.07, 6.45) is 7.62. The normalized spacial score (nSPS) is 14.2. The molecule has 0 unspecified atom stereocenters. The first-order chi connectivity index (χ1) is 16.0. The fourth-order valence-corrected chi connectivity index (χ4v) is 3.81. The fourth-order valence-electron chi connectivity index (χ4n) is 3.81. The molecule has 168 valence electrons. The summed E-state index contributed by atoms with van der Waals surface area (Å²) in [5.74, 6) is -0.243. The van der Waals surface area contributed by atoms with Gasteiger partial charge in [0.15, 0.2) is 5.69 Å². The second-order valence-electron chi connectivity index (χ2n) is 8.87. The minimum absolute atomic E-state index is 0.139. The summed E-state index contributed by atoms with van der Waals surface area (Å²) in [5.41, 5.74) is 12.0. The largest absolute Gasteiger partial charge is 0.347 e. The van der Waals surface area contributed by atoms with E-state index in [0.29, 0.717) is 18.8 Å². The Labute approximate surface area is 192 Å². The third kappa shape index (κ3) is 5.01. The Bertz CT molecular complexity index is 1250. The van der Waals surface area contributed by atoms with Crippen LogP contribution in [0, 0.1) is 6.92 Å². The first kappa shape index (κ1) is 21.1. The molecule has 0 spiro atoms. The molecule has 8 heteroatoms. The van der Waals surface area contributed by atoms with Gasteiger partial charge in [0.1, 0.15) is 0 Å². The minimum Gasteiger partial charge on any atom is -0.347 e. The van der Waals surface area contributed by atoms with Crippen LogP contribution in [0.4, 0.5) is 0 Å². The quantitative estimate of drug-likeness (QED) is 0.438. The van der Waals surface area contributed by atoms with E-state index in [1.165, 1.54) is 5.56 Å². The molecule has 0 aliphatic heterocycles. The number of hydrogen-bond donors (Lipinski definition) is 2. The number of hydrogen-bond acceptors (Lipinski definition) is 5. The predicted octanol–water partition coefficient (Wildman–Crippen LogP) is 2.76. The van der Waals surface area contributed by atoms with E-state index in [-0.39, 0.29) is 11.4 Å². The Hall–Kier alpha value is -3.78. The number of carbonyl (C=O) groups excluding carboxylic acids is 1. The van der Waals surface area contributed by atoms with Crippen molar-refractivity contribution in [3.8, 4) is 0 Å². The Morgan fingerprint density at radius 2 is 1.61 bits per heavy atom. The van der Waals surface area contributed by atoms with Gasteiger partial charge in [0, 0.05) is 18.3 Å². The summed E-state index contributed by atoms with van der Waals surface area (Å²) < 4.78 is 3.59. The van der Waals surface area contributed by atoms with Gasteiger partial charge in [0.2, 0.25) is 0 Å². The Kier molecular flexibility index (Phi) is 5.51. The van der Waals surface area contributed by atoms with Crippen LogP contribution in [0.2, 0.25) is 0 Å². The topological polar surface area (TPSA) is 104 Å². The second kappa shape index (κ2) is 8.63. The van der Waals surface area contributed by atoms with Crippen LogP contribution in [0.3, 0.4) is 0 Å².